The van der Waals surface area contributed by atoms with Gasteiger partial charge in [-0.2, -0.15) is 0 Å². The van der Waals surface area contributed by atoms with Crippen LogP contribution in [0.3, 0.4) is 0 Å². The molecule has 1 saturated heterocycles. The normalized spacial score (nSPS) is 17.6. The highest BCUT2D eigenvalue weighted by Crippen LogP contribution is 2.31. The number of benzene rings is 1. The average molecular weight is 316 g/mol. The van der Waals surface area contributed by atoms with Gasteiger partial charge in [-0.25, -0.2) is 0 Å². The summed E-state index contributed by atoms with van der Waals surface area (Å²) in [5.41, 5.74) is 3.27. The maximum atomic E-state index is 12.4. The van der Waals surface area contributed by atoms with E-state index in [0.29, 0.717) is 19.5 Å². The second-order valence-electron chi connectivity index (χ2n) is 6.34. The number of unbranched alkanes of at least 4 members (excludes halogenated alkanes) is 2. The number of rotatable bonds is 7. The van der Waals surface area contributed by atoms with Crippen molar-refractivity contribution in [3.8, 4) is 0 Å². The summed E-state index contributed by atoms with van der Waals surface area (Å²) in [6.45, 7) is 7.47. The van der Waals surface area contributed by atoms with Crippen LogP contribution >= 0.6 is 0 Å². The first-order valence-corrected chi connectivity index (χ1v) is 8.75. The molecule has 2 rings (SSSR count). The minimum atomic E-state index is -0.228. The fraction of sp³-hybridized carbons (Fsp3) is 0.579. The zero-order valence-corrected chi connectivity index (χ0v) is 14.5. The van der Waals surface area contributed by atoms with Crippen molar-refractivity contribution < 1.29 is 9.59 Å². The highest BCUT2D eigenvalue weighted by atomic mass is 16.2. The number of carbonyl (C=O) groups excluding carboxylic acids is 2. The van der Waals surface area contributed by atoms with Crippen molar-refractivity contribution in [1.82, 2.24) is 5.32 Å². The van der Waals surface area contributed by atoms with Crippen LogP contribution in [-0.2, 0) is 16.0 Å². The fourth-order valence-electron chi connectivity index (χ4n) is 3.22. The lowest BCUT2D eigenvalue weighted by Gasteiger charge is -2.22. The summed E-state index contributed by atoms with van der Waals surface area (Å²) in [6, 6.07) is 6.11. The summed E-state index contributed by atoms with van der Waals surface area (Å²) < 4.78 is 0. The monoisotopic (exact) mass is 316 g/mol. The van der Waals surface area contributed by atoms with Crippen molar-refractivity contribution in [3.63, 3.8) is 0 Å². The summed E-state index contributed by atoms with van der Waals surface area (Å²) in [6.07, 6.45) is 4.47. The molecule has 4 nitrogen and oxygen atoms in total. The topological polar surface area (TPSA) is 49.4 Å². The van der Waals surface area contributed by atoms with E-state index in [0.717, 1.165) is 36.9 Å². The summed E-state index contributed by atoms with van der Waals surface area (Å²) >= 11 is 0. The standard InChI is InChI=1S/C19H28N2O2/c1-4-6-7-11-20-19(23)16-12-17(22)21(13-16)18-14(3)9-8-10-15(18)5-2/h8-10,16H,4-7,11-13H2,1-3H3,(H,20,23). The Morgan fingerprint density at radius 2 is 2.09 bits per heavy atom. The van der Waals surface area contributed by atoms with Crippen molar-refractivity contribution in [1.29, 1.82) is 0 Å². The van der Waals surface area contributed by atoms with Gasteiger partial charge in [0, 0.05) is 25.2 Å². The average Bonchev–Trinajstić information content (AvgIpc) is 2.92. The molecule has 23 heavy (non-hydrogen) atoms. The maximum absolute atomic E-state index is 12.4. The van der Waals surface area contributed by atoms with E-state index in [1.165, 1.54) is 5.56 Å². The molecular formula is C19H28N2O2. The van der Waals surface area contributed by atoms with Crippen LogP contribution in [0.2, 0.25) is 0 Å². The van der Waals surface area contributed by atoms with Crippen LogP contribution in [0.1, 0.15) is 50.7 Å². The Kier molecular flexibility index (Phi) is 6.20. The van der Waals surface area contributed by atoms with E-state index < -0.39 is 0 Å². The molecular weight excluding hydrogens is 288 g/mol. The molecule has 1 aromatic carbocycles. The Hall–Kier alpha value is -1.84. The molecule has 1 heterocycles. The molecule has 1 unspecified atom stereocenters. The number of carbonyl (C=O) groups is 2. The number of nitrogens with zero attached hydrogens (tertiary/aromatic N) is 1. The highest BCUT2D eigenvalue weighted by Gasteiger charge is 2.36. The summed E-state index contributed by atoms with van der Waals surface area (Å²) in [5, 5.41) is 2.98. The van der Waals surface area contributed by atoms with Gasteiger partial charge in [0.05, 0.1) is 5.92 Å². The molecule has 126 valence electrons. The van der Waals surface area contributed by atoms with Crippen molar-refractivity contribution in [2.24, 2.45) is 5.92 Å². The Labute approximate surface area is 139 Å². The third-order valence-electron chi connectivity index (χ3n) is 4.55. The molecule has 1 N–H and O–H groups in total. The largest absolute Gasteiger partial charge is 0.356 e. The molecule has 0 spiro atoms. The van der Waals surface area contributed by atoms with Gasteiger partial charge >= 0.3 is 0 Å². The molecule has 1 aliphatic rings. The zero-order valence-electron chi connectivity index (χ0n) is 14.5. The molecule has 0 aromatic heterocycles. The van der Waals surface area contributed by atoms with Gasteiger partial charge in [0.15, 0.2) is 0 Å². The van der Waals surface area contributed by atoms with E-state index in [-0.39, 0.29) is 17.7 Å². The molecule has 1 aromatic rings. The van der Waals surface area contributed by atoms with Crippen LogP contribution in [0.4, 0.5) is 5.69 Å². The number of nitrogens with one attached hydrogen (secondary N) is 1. The molecule has 0 saturated carbocycles. The lowest BCUT2D eigenvalue weighted by Crippen LogP contribution is -2.33. The lowest BCUT2D eigenvalue weighted by atomic mass is 10.0. The smallest absolute Gasteiger partial charge is 0.227 e. The van der Waals surface area contributed by atoms with E-state index in [4.69, 9.17) is 0 Å². The molecule has 0 bridgehead atoms. The number of amides is 2. The molecule has 0 aliphatic carbocycles. The molecule has 1 aliphatic heterocycles. The van der Waals surface area contributed by atoms with Gasteiger partial charge in [-0.3, -0.25) is 9.59 Å². The minimum absolute atomic E-state index is 0.0172. The van der Waals surface area contributed by atoms with Gasteiger partial charge in [-0.05, 0) is 30.9 Å². The number of aryl methyl sites for hydroxylation is 2. The van der Waals surface area contributed by atoms with Gasteiger partial charge in [-0.15, -0.1) is 0 Å². The van der Waals surface area contributed by atoms with Crippen molar-refractivity contribution >= 4 is 17.5 Å². The quantitative estimate of drug-likeness (QED) is 0.785. The molecule has 0 radical (unpaired) electrons. The Balaban J connectivity index is 2.04. The number of anilines is 1. The van der Waals surface area contributed by atoms with Crippen molar-refractivity contribution in [3.05, 3.63) is 29.3 Å². The van der Waals surface area contributed by atoms with Gasteiger partial charge in [-0.1, -0.05) is 44.9 Å². The minimum Gasteiger partial charge on any atom is -0.356 e. The van der Waals surface area contributed by atoms with E-state index in [1.54, 1.807) is 0 Å². The molecule has 1 atom stereocenters. The van der Waals surface area contributed by atoms with Crippen LogP contribution in [0, 0.1) is 12.8 Å². The summed E-state index contributed by atoms with van der Waals surface area (Å²) in [5.74, 6) is -0.153. The van der Waals surface area contributed by atoms with Gasteiger partial charge in [0.25, 0.3) is 0 Å². The van der Waals surface area contributed by atoms with Gasteiger partial charge in [0.1, 0.15) is 0 Å². The number of hydrogen-bond acceptors (Lipinski definition) is 2. The van der Waals surface area contributed by atoms with Crippen LogP contribution in [0.25, 0.3) is 0 Å². The first kappa shape index (κ1) is 17.5. The molecule has 1 fully saturated rings. The number of para-hydroxylation sites is 1. The third kappa shape index (κ3) is 4.12. The van der Waals surface area contributed by atoms with Crippen LogP contribution in [0.5, 0.6) is 0 Å². The predicted molar refractivity (Wildman–Crippen MR) is 93.6 cm³/mol. The van der Waals surface area contributed by atoms with Crippen LogP contribution < -0.4 is 10.2 Å². The van der Waals surface area contributed by atoms with Crippen LogP contribution in [0.15, 0.2) is 18.2 Å². The van der Waals surface area contributed by atoms with E-state index in [9.17, 15) is 9.59 Å². The fourth-order valence-corrected chi connectivity index (χ4v) is 3.22. The van der Waals surface area contributed by atoms with E-state index >= 15 is 0 Å². The van der Waals surface area contributed by atoms with Gasteiger partial charge < -0.3 is 10.2 Å². The lowest BCUT2D eigenvalue weighted by molar-refractivity contribution is -0.126. The molecule has 2 amide bonds. The van der Waals surface area contributed by atoms with E-state index in [1.807, 2.05) is 24.0 Å². The Bertz CT molecular complexity index is 568. The zero-order chi connectivity index (χ0) is 16.8. The SMILES string of the molecule is CCCCCNC(=O)C1CC(=O)N(c2c(C)cccc2CC)C1. The Morgan fingerprint density at radius 3 is 2.78 bits per heavy atom. The van der Waals surface area contributed by atoms with Crippen LogP contribution in [-0.4, -0.2) is 24.9 Å². The van der Waals surface area contributed by atoms with Gasteiger partial charge in [0.2, 0.25) is 11.8 Å². The maximum Gasteiger partial charge on any atom is 0.227 e. The van der Waals surface area contributed by atoms with Crippen molar-refractivity contribution in [2.45, 2.75) is 52.9 Å². The first-order valence-electron chi connectivity index (χ1n) is 8.75. The Morgan fingerprint density at radius 1 is 1.30 bits per heavy atom. The summed E-state index contributed by atoms with van der Waals surface area (Å²) in [7, 11) is 0. The summed E-state index contributed by atoms with van der Waals surface area (Å²) in [4.78, 5) is 26.5. The first-order chi connectivity index (χ1) is 11.1. The van der Waals surface area contributed by atoms with E-state index in [2.05, 4.69) is 25.2 Å². The predicted octanol–water partition coefficient (Wildman–Crippen LogP) is 3.22. The third-order valence-corrected chi connectivity index (χ3v) is 4.55. The second kappa shape index (κ2) is 8.14. The molecule has 4 heteroatoms. The highest BCUT2D eigenvalue weighted by molar-refractivity contribution is 6.01. The van der Waals surface area contributed by atoms with Crippen molar-refractivity contribution in [2.75, 3.05) is 18.0 Å². The number of hydrogen-bond donors (Lipinski definition) is 1. The second-order valence-corrected chi connectivity index (χ2v) is 6.34.